The molecule has 1 amide bonds. The van der Waals surface area contributed by atoms with E-state index in [0.717, 1.165) is 25.7 Å². The van der Waals surface area contributed by atoms with Gasteiger partial charge in [-0.15, -0.1) is 0 Å². The van der Waals surface area contributed by atoms with E-state index in [1.807, 2.05) is 0 Å². The van der Waals surface area contributed by atoms with Crippen molar-refractivity contribution < 1.29 is 9.90 Å². The van der Waals surface area contributed by atoms with Crippen LogP contribution in [0.3, 0.4) is 0 Å². The van der Waals surface area contributed by atoms with Gasteiger partial charge in [0.05, 0.1) is 6.61 Å². The number of rotatable bonds is 4. The van der Waals surface area contributed by atoms with Crippen LogP contribution in [0.2, 0.25) is 0 Å². The Morgan fingerprint density at radius 3 is 2.72 bits per heavy atom. The second-order valence-corrected chi connectivity index (χ2v) is 5.25. The van der Waals surface area contributed by atoms with Crippen molar-refractivity contribution in [3.05, 3.63) is 18.0 Å². The van der Waals surface area contributed by atoms with Gasteiger partial charge in [0.15, 0.2) is 0 Å². The molecule has 5 nitrogen and oxygen atoms in total. The molecule has 0 spiro atoms. The Morgan fingerprint density at radius 2 is 2.17 bits per heavy atom. The Kier molecular flexibility index (Phi) is 3.91. The molecule has 5 N–H and O–H groups in total. The summed E-state index contributed by atoms with van der Waals surface area (Å²) in [6, 6.07) is 1.61. The predicted molar refractivity (Wildman–Crippen MR) is 70.1 cm³/mol. The van der Waals surface area contributed by atoms with Crippen LogP contribution in [-0.4, -0.2) is 29.1 Å². The number of nitrogens with one attached hydrogen (secondary N) is 2. The van der Waals surface area contributed by atoms with Crippen molar-refractivity contribution in [2.24, 2.45) is 5.41 Å². The number of nitrogen functional groups attached to an aromatic ring is 1. The summed E-state index contributed by atoms with van der Waals surface area (Å²) in [4.78, 5) is 14.7. The first kappa shape index (κ1) is 13.0. The number of aliphatic hydroxyl groups is 1. The lowest BCUT2D eigenvalue weighted by Crippen LogP contribution is -2.41. The van der Waals surface area contributed by atoms with Crippen molar-refractivity contribution >= 4 is 11.6 Å². The van der Waals surface area contributed by atoms with Crippen molar-refractivity contribution in [3.63, 3.8) is 0 Å². The highest BCUT2D eigenvalue weighted by atomic mass is 16.3. The summed E-state index contributed by atoms with van der Waals surface area (Å²) in [6.07, 6.45) is 7.05. The summed E-state index contributed by atoms with van der Waals surface area (Å²) < 4.78 is 0. The normalized spacial score (nSPS) is 18.5. The minimum Gasteiger partial charge on any atom is -0.397 e. The molecule has 0 atom stereocenters. The molecule has 100 valence electrons. The van der Waals surface area contributed by atoms with E-state index in [2.05, 4.69) is 10.3 Å². The first-order chi connectivity index (χ1) is 8.65. The minimum absolute atomic E-state index is 0.133. The average Bonchev–Trinajstić information content (AvgIpc) is 2.84. The van der Waals surface area contributed by atoms with Gasteiger partial charge in [-0.05, 0) is 18.9 Å². The first-order valence-corrected chi connectivity index (χ1v) is 6.48. The number of carbonyl (C=O) groups excluding carboxylic acids is 1. The maximum atomic E-state index is 11.9. The van der Waals surface area contributed by atoms with Crippen LogP contribution in [0.4, 0.5) is 5.69 Å². The SMILES string of the molecule is Nc1c[nH]c(C(=O)NCC2(CO)CCCCC2)c1. The van der Waals surface area contributed by atoms with E-state index in [1.165, 1.54) is 6.42 Å². The molecule has 2 rings (SSSR count). The molecule has 1 aliphatic rings. The zero-order chi connectivity index (χ0) is 13.0. The van der Waals surface area contributed by atoms with Crippen LogP contribution < -0.4 is 11.1 Å². The first-order valence-electron chi connectivity index (χ1n) is 6.48. The zero-order valence-electron chi connectivity index (χ0n) is 10.5. The fraction of sp³-hybridized carbons (Fsp3) is 0.615. The molecule has 1 heterocycles. The predicted octanol–water partition coefficient (Wildman–Crippen LogP) is 1.27. The number of aliphatic hydroxyl groups excluding tert-OH is 1. The highest BCUT2D eigenvalue weighted by molar-refractivity contribution is 5.93. The topological polar surface area (TPSA) is 91.1 Å². The molecular weight excluding hydrogens is 230 g/mol. The standard InChI is InChI=1S/C13H21N3O2/c14-10-6-11(15-7-10)12(18)16-8-13(9-17)4-2-1-3-5-13/h6-7,15,17H,1-5,8-9,14H2,(H,16,18). The minimum atomic E-state index is -0.162. The number of anilines is 1. The molecule has 1 aromatic rings. The number of amides is 1. The molecule has 1 aromatic heterocycles. The third-order valence-electron chi connectivity index (χ3n) is 3.82. The summed E-state index contributed by atoms with van der Waals surface area (Å²) in [5.74, 6) is -0.162. The van der Waals surface area contributed by atoms with Crippen LogP contribution in [-0.2, 0) is 0 Å². The van der Waals surface area contributed by atoms with Crippen molar-refractivity contribution in [3.8, 4) is 0 Å². The molecule has 0 aliphatic heterocycles. The van der Waals surface area contributed by atoms with Crippen molar-refractivity contribution in [2.75, 3.05) is 18.9 Å². The van der Waals surface area contributed by atoms with E-state index in [-0.39, 0.29) is 17.9 Å². The number of nitrogens with two attached hydrogens (primary N) is 1. The third kappa shape index (κ3) is 2.85. The van der Waals surface area contributed by atoms with E-state index in [4.69, 9.17) is 5.73 Å². The molecule has 0 bridgehead atoms. The summed E-state index contributed by atoms with van der Waals surface area (Å²) in [5, 5.41) is 12.4. The average molecular weight is 251 g/mol. The monoisotopic (exact) mass is 251 g/mol. The molecule has 18 heavy (non-hydrogen) atoms. The van der Waals surface area contributed by atoms with Crippen LogP contribution in [0.15, 0.2) is 12.3 Å². The molecule has 0 aromatic carbocycles. The lowest BCUT2D eigenvalue weighted by atomic mass is 9.74. The van der Waals surface area contributed by atoms with Gasteiger partial charge in [0.25, 0.3) is 5.91 Å². The Balaban J connectivity index is 1.91. The van der Waals surface area contributed by atoms with Gasteiger partial charge in [0.2, 0.25) is 0 Å². The number of aromatic amines is 1. The van der Waals surface area contributed by atoms with Gasteiger partial charge in [-0.1, -0.05) is 19.3 Å². The Labute approximate surface area is 107 Å². The van der Waals surface area contributed by atoms with Crippen LogP contribution in [0, 0.1) is 5.41 Å². The molecule has 0 radical (unpaired) electrons. The van der Waals surface area contributed by atoms with Crippen LogP contribution >= 0.6 is 0 Å². The van der Waals surface area contributed by atoms with Gasteiger partial charge in [-0.25, -0.2) is 0 Å². The van der Waals surface area contributed by atoms with Crippen LogP contribution in [0.5, 0.6) is 0 Å². The van der Waals surface area contributed by atoms with Crippen molar-refractivity contribution in [1.29, 1.82) is 0 Å². The second kappa shape index (κ2) is 5.44. The van der Waals surface area contributed by atoms with Gasteiger partial charge >= 0.3 is 0 Å². The van der Waals surface area contributed by atoms with Crippen LogP contribution in [0.1, 0.15) is 42.6 Å². The highest BCUT2D eigenvalue weighted by Gasteiger charge is 2.31. The van der Waals surface area contributed by atoms with Crippen LogP contribution in [0.25, 0.3) is 0 Å². The molecule has 1 fully saturated rings. The van der Waals surface area contributed by atoms with Crippen molar-refractivity contribution in [2.45, 2.75) is 32.1 Å². The lowest BCUT2D eigenvalue weighted by molar-refractivity contribution is 0.0716. The van der Waals surface area contributed by atoms with E-state index in [0.29, 0.717) is 17.9 Å². The van der Waals surface area contributed by atoms with E-state index >= 15 is 0 Å². The van der Waals surface area contributed by atoms with Gasteiger partial charge in [-0.2, -0.15) is 0 Å². The van der Waals surface area contributed by atoms with Gasteiger partial charge in [0, 0.05) is 23.8 Å². The Morgan fingerprint density at radius 1 is 1.44 bits per heavy atom. The van der Waals surface area contributed by atoms with E-state index in [1.54, 1.807) is 12.3 Å². The maximum absolute atomic E-state index is 11.9. The number of hydrogen-bond acceptors (Lipinski definition) is 3. The van der Waals surface area contributed by atoms with Gasteiger partial charge in [-0.3, -0.25) is 4.79 Å². The number of carbonyl (C=O) groups is 1. The summed E-state index contributed by atoms with van der Waals surface area (Å²) in [6.45, 7) is 0.668. The number of hydrogen-bond donors (Lipinski definition) is 4. The fourth-order valence-electron chi connectivity index (χ4n) is 2.60. The number of H-pyrrole nitrogens is 1. The van der Waals surface area contributed by atoms with Crippen molar-refractivity contribution in [1.82, 2.24) is 10.3 Å². The van der Waals surface area contributed by atoms with Gasteiger partial charge < -0.3 is 21.1 Å². The fourth-order valence-corrected chi connectivity index (χ4v) is 2.60. The van der Waals surface area contributed by atoms with E-state index in [9.17, 15) is 9.90 Å². The zero-order valence-corrected chi connectivity index (χ0v) is 10.5. The molecule has 1 saturated carbocycles. The van der Waals surface area contributed by atoms with Gasteiger partial charge in [0.1, 0.15) is 5.69 Å². The molecule has 0 saturated heterocycles. The quantitative estimate of drug-likeness (QED) is 0.649. The highest BCUT2D eigenvalue weighted by Crippen LogP contribution is 2.35. The molecule has 0 unspecified atom stereocenters. The summed E-state index contributed by atoms with van der Waals surface area (Å²) >= 11 is 0. The summed E-state index contributed by atoms with van der Waals surface area (Å²) in [5.41, 5.74) is 6.44. The number of aromatic nitrogens is 1. The third-order valence-corrected chi connectivity index (χ3v) is 3.82. The summed E-state index contributed by atoms with van der Waals surface area (Å²) in [7, 11) is 0. The molecular formula is C13H21N3O2. The largest absolute Gasteiger partial charge is 0.397 e. The molecule has 1 aliphatic carbocycles. The second-order valence-electron chi connectivity index (χ2n) is 5.25. The van der Waals surface area contributed by atoms with E-state index < -0.39 is 0 Å². The Bertz CT molecular complexity index is 408. The lowest BCUT2D eigenvalue weighted by Gasteiger charge is -2.35. The maximum Gasteiger partial charge on any atom is 0.267 e. The molecule has 5 heteroatoms. The Hall–Kier alpha value is -1.49. The smallest absolute Gasteiger partial charge is 0.267 e.